The highest BCUT2D eigenvalue weighted by molar-refractivity contribution is 5.92. The summed E-state index contributed by atoms with van der Waals surface area (Å²) in [6.07, 6.45) is 0. The number of ether oxygens (including phenoxy) is 3. The number of aromatic carboxylic acids is 1. The molecule has 1 N–H and O–H groups in total. The molecule has 0 aliphatic heterocycles. The lowest BCUT2D eigenvalue weighted by Gasteiger charge is -2.16. The number of hydrogen-bond acceptors (Lipinski definition) is 5. The zero-order valence-corrected chi connectivity index (χ0v) is 25.0. The van der Waals surface area contributed by atoms with E-state index in [4.69, 9.17) is 19.2 Å². The molecule has 0 saturated carbocycles. The van der Waals surface area contributed by atoms with Gasteiger partial charge in [0, 0.05) is 16.9 Å². The van der Waals surface area contributed by atoms with E-state index in [-0.39, 0.29) is 11.3 Å². The van der Waals surface area contributed by atoms with Gasteiger partial charge in [0.05, 0.1) is 18.4 Å². The smallest absolute Gasteiger partial charge is 0.339 e. The molecular formula is C38H32N2O5. The second kappa shape index (κ2) is 13.2. The largest absolute Gasteiger partial charge is 0.496 e. The quantitative estimate of drug-likeness (QED) is 0.162. The molecule has 0 bridgehead atoms. The summed E-state index contributed by atoms with van der Waals surface area (Å²) in [6, 6.07) is 40.6. The van der Waals surface area contributed by atoms with Gasteiger partial charge in [0.2, 0.25) is 0 Å². The SMILES string of the molecule is COc1ccc(-n2c(-c3ccccc3OCc3ccccc3)nc(-c3ccccc3OCc3ccccc3)c2C)cc1C(=O)O. The number of carbonyl (C=O) groups is 1. The standard InChI is InChI=1S/C38H32N2O5/c1-26-36(30-17-9-11-19-34(30)44-24-27-13-5-3-6-14-27)39-37(40(26)29-21-22-33(43-2)32(23-29)38(41)42)31-18-10-12-20-35(31)45-25-28-15-7-4-8-16-28/h3-23H,24-25H2,1-2H3,(H,41,42). The number of carboxylic acid groups (broad SMARTS) is 1. The highest BCUT2D eigenvalue weighted by atomic mass is 16.5. The first-order valence-electron chi connectivity index (χ1n) is 14.6. The number of benzene rings is 5. The van der Waals surface area contributed by atoms with E-state index in [1.807, 2.05) is 127 Å². The van der Waals surface area contributed by atoms with E-state index in [0.29, 0.717) is 41.9 Å². The molecule has 6 rings (SSSR count). The Morgan fingerprint density at radius 3 is 1.80 bits per heavy atom. The molecule has 224 valence electrons. The van der Waals surface area contributed by atoms with E-state index >= 15 is 0 Å². The van der Waals surface area contributed by atoms with Crippen LogP contribution in [-0.4, -0.2) is 27.7 Å². The molecule has 0 fully saturated rings. The average Bonchev–Trinajstić information content (AvgIpc) is 3.43. The molecule has 7 nitrogen and oxygen atoms in total. The van der Waals surface area contributed by atoms with E-state index in [1.165, 1.54) is 7.11 Å². The maximum atomic E-state index is 12.2. The summed E-state index contributed by atoms with van der Waals surface area (Å²) in [5.41, 5.74) is 5.87. The number of rotatable bonds is 11. The van der Waals surface area contributed by atoms with E-state index in [9.17, 15) is 9.90 Å². The Morgan fingerprint density at radius 1 is 0.689 bits per heavy atom. The molecule has 0 unspecified atom stereocenters. The number of imidazole rings is 1. The van der Waals surface area contributed by atoms with Gasteiger partial charge in [-0.25, -0.2) is 9.78 Å². The minimum Gasteiger partial charge on any atom is -0.496 e. The fraction of sp³-hybridized carbons (Fsp3) is 0.105. The van der Waals surface area contributed by atoms with Crippen molar-refractivity contribution in [3.05, 3.63) is 150 Å². The van der Waals surface area contributed by atoms with Gasteiger partial charge in [-0.05, 0) is 60.5 Å². The fourth-order valence-corrected chi connectivity index (χ4v) is 5.29. The molecular weight excluding hydrogens is 564 g/mol. The van der Waals surface area contributed by atoms with Gasteiger partial charge in [0.25, 0.3) is 0 Å². The van der Waals surface area contributed by atoms with Crippen LogP contribution in [0, 0.1) is 6.92 Å². The Bertz CT molecular complexity index is 1930. The van der Waals surface area contributed by atoms with Crippen molar-refractivity contribution in [1.29, 1.82) is 0 Å². The van der Waals surface area contributed by atoms with Crippen LogP contribution in [0.1, 0.15) is 27.2 Å². The first-order valence-corrected chi connectivity index (χ1v) is 14.6. The Balaban J connectivity index is 1.49. The number of aromatic nitrogens is 2. The first kappa shape index (κ1) is 29.3. The summed E-state index contributed by atoms with van der Waals surface area (Å²) in [5, 5.41) is 9.98. The van der Waals surface area contributed by atoms with Gasteiger partial charge < -0.3 is 19.3 Å². The van der Waals surface area contributed by atoms with Crippen LogP contribution in [-0.2, 0) is 13.2 Å². The summed E-state index contributed by atoms with van der Waals surface area (Å²) in [4.78, 5) is 17.4. The summed E-state index contributed by atoms with van der Waals surface area (Å²) >= 11 is 0. The summed E-state index contributed by atoms with van der Waals surface area (Å²) in [7, 11) is 1.46. The molecule has 1 heterocycles. The van der Waals surface area contributed by atoms with Gasteiger partial charge in [0.1, 0.15) is 41.9 Å². The Hall–Kier alpha value is -5.82. The predicted octanol–water partition coefficient (Wildman–Crippen LogP) is 8.38. The lowest BCUT2D eigenvalue weighted by molar-refractivity contribution is 0.0693. The van der Waals surface area contributed by atoms with E-state index in [2.05, 4.69) is 0 Å². The van der Waals surface area contributed by atoms with Gasteiger partial charge in [-0.1, -0.05) is 84.9 Å². The van der Waals surface area contributed by atoms with E-state index in [0.717, 1.165) is 27.9 Å². The molecule has 45 heavy (non-hydrogen) atoms. The first-order chi connectivity index (χ1) is 22.0. The number of carboxylic acids is 1. The second-order valence-corrected chi connectivity index (χ2v) is 10.4. The molecule has 0 spiro atoms. The molecule has 0 saturated heterocycles. The van der Waals surface area contributed by atoms with Crippen LogP contribution in [0.5, 0.6) is 17.2 Å². The Labute approximate surface area is 261 Å². The van der Waals surface area contributed by atoms with Crippen LogP contribution in [0.4, 0.5) is 0 Å². The third kappa shape index (κ3) is 6.28. The third-order valence-electron chi connectivity index (χ3n) is 7.52. The summed E-state index contributed by atoms with van der Waals surface area (Å²) < 4.78 is 20.0. The number of hydrogen-bond donors (Lipinski definition) is 1. The normalized spacial score (nSPS) is 10.8. The number of nitrogens with zero attached hydrogens (tertiary/aromatic N) is 2. The van der Waals surface area contributed by atoms with Gasteiger partial charge in [-0.15, -0.1) is 0 Å². The highest BCUT2D eigenvalue weighted by Gasteiger charge is 2.24. The van der Waals surface area contributed by atoms with Crippen molar-refractivity contribution in [2.75, 3.05) is 7.11 Å². The maximum absolute atomic E-state index is 12.2. The zero-order chi connectivity index (χ0) is 31.2. The van der Waals surface area contributed by atoms with Crippen molar-refractivity contribution in [3.63, 3.8) is 0 Å². The van der Waals surface area contributed by atoms with Crippen LogP contribution in [0.25, 0.3) is 28.3 Å². The molecule has 5 aromatic carbocycles. The van der Waals surface area contributed by atoms with Crippen LogP contribution in [0.2, 0.25) is 0 Å². The molecule has 0 atom stereocenters. The van der Waals surface area contributed by atoms with Crippen molar-refractivity contribution in [1.82, 2.24) is 9.55 Å². The van der Waals surface area contributed by atoms with Crippen LogP contribution in [0.3, 0.4) is 0 Å². The minimum atomic E-state index is -1.08. The van der Waals surface area contributed by atoms with Gasteiger partial charge in [-0.2, -0.15) is 0 Å². The number of methoxy groups -OCH3 is 1. The molecule has 0 aliphatic rings. The fourth-order valence-electron chi connectivity index (χ4n) is 5.29. The zero-order valence-electron chi connectivity index (χ0n) is 25.0. The van der Waals surface area contributed by atoms with Crippen molar-refractivity contribution in [3.8, 4) is 45.6 Å². The molecule has 0 radical (unpaired) electrons. The minimum absolute atomic E-state index is 0.0517. The molecule has 7 heteroatoms. The lowest BCUT2D eigenvalue weighted by atomic mass is 10.1. The van der Waals surface area contributed by atoms with Crippen LogP contribution >= 0.6 is 0 Å². The Morgan fingerprint density at radius 2 is 1.22 bits per heavy atom. The number of para-hydroxylation sites is 2. The van der Waals surface area contributed by atoms with Gasteiger partial charge in [-0.3, -0.25) is 4.57 Å². The highest BCUT2D eigenvalue weighted by Crippen LogP contribution is 2.39. The molecule has 6 aromatic rings. The average molecular weight is 597 g/mol. The van der Waals surface area contributed by atoms with E-state index in [1.54, 1.807) is 12.1 Å². The monoisotopic (exact) mass is 596 g/mol. The lowest BCUT2D eigenvalue weighted by Crippen LogP contribution is -2.06. The molecule has 0 amide bonds. The predicted molar refractivity (Wildman–Crippen MR) is 174 cm³/mol. The molecule has 1 aromatic heterocycles. The van der Waals surface area contributed by atoms with E-state index < -0.39 is 5.97 Å². The second-order valence-electron chi connectivity index (χ2n) is 10.4. The molecule has 0 aliphatic carbocycles. The van der Waals surface area contributed by atoms with Gasteiger partial charge >= 0.3 is 5.97 Å². The van der Waals surface area contributed by atoms with Crippen molar-refractivity contribution in [2.45, 2.75) is 20.1 Å². The Kier molecular flexibility index (Phi) is 8.60. The third-order valence-corrected chi connectivity index (χ3v) is 7.52. The van der Waals surface area contributed by atoms with Crippen LogP contribution in [0.15, 0.2) is 127 Å². The van der Waals surface area contributed by atoms with Crippen molar-refractivity contribution in [2.24, 2.45) is 0 Å². The topological polar surface area (TPSA) is 82.8 Å². The van der Waals surface area contributed by atoms with Crippen molar-refractivity contribution >= 4 is 5.97 Å². The van der Waals surface area contributed by atoms with Crippen molar-refractivity contribution < 1.29 is 24.1 Å². The van der Waals surface area contributed by atoms with Gasteiger partial charge in [0.15, 0.2) is 0 Å². The summed E-state index contributed by atoms with van der Waals surface area (Å²) in [5.74, 6) is 1.14. The van der Waals surface area contributed by atoms with Crippen LogP contribution < -0.4 is 14.2 Å². The summed E-state index contributed by atoms with van der Waals surface area (Å²) in [6.45, 7) is 2.76. The maximum Gasteiger partial charge on any atom is 0.339 e.